The summed E-state index contributed by atoms with van der Waals surface area (Å²) in [4.78, 5) is 22.3. The molecule has 1 fully saturated rings. The number of hydrogen-bond acceptors (Lipinski definition) is 5. The van der Waals surface area contributed by atoms with E-state index in [1.165, 1.54) is 5.56 Å². The zero-order valence-corrected chi connectivity index (χ0v) is 18.9. The molecule has 172 valence electrons. The maximum Gasteiger partial charge on any atom is 0.254 e. The number of imidazole rings is 1. The first-order chi connectivity index (χ1) is 16.7. The molecule has 3 heterocycles. The molecule has 4 aromatic rings. The Morgan fingerprint density at radius 1 is 0.824 bits per heavy atom. The van der Waals surface area contributed by atoms with E-state index >= 15 is 0 Å². The van der Waals surface area contributed by atoms with Crippen LogP contribution in [-0.2, 0) is 13.1 Å². The lowest BCUT2D eigenvalue weighted by molar-refractivity contribution is 0.0624. The average Bonchev–Trinajstić information content (AvgIpc) is 3.49. The highest BCUT2D eigenvalue weighted by Crippen LogP contribution is 2.33. The Hall–Kier alpha value is -3.84. The third-order valence-electron chi connectivity index (χ3n) is 6.56. The summed E-state index contributed by atoms with van der Waals surface area (Å²) in [6.07, 6.45) is 0. The molecule has 2 aliphatic rings. The van der Waals surface area contributed by atoms with E-state index in [2.05, 4.69) is 51.9 Å². The summed E-state index contributed by atoms with van der Waals surface area (Å²) >= 11 is 0. The van der Waals surface area contributed by atoms with E-state index in [1.807, 2.05) is 29.2 Å². The number of para-hydroxylation sites is 2. The van der Waals surface area contributed by atoms with Gasteiger partial charge in [-0.25, -0.2) is 4.98 Å². The van der Waals surface area contributed by atoms with Crippen LogP contribution in [0, 0.1) is 0 Å². The van der Waals surface area contributed by atoms with Crippen LogP contribution >= 0.6 is 0 Å². The molecule has 1 saturated heterocycles. The van der Waals surface area contributed by atoms with E-state index in [4.69, 9.17) is 14.5 Å². The van der Waals surface area contributed by atoms with Crippen molar-refractivity contribution in [3.63, 3.8) is 0 Å². The van der Waals surface area contributed by atoms with Gasteiger partial charge < -0.3 is 18.9 Å². The van der Waals surface area contributed by atoms with Gasteiger partial charge >= 0.3 is 0 Å². The summed E-state index contributed by atoms with van der Waals surface area (Å²) in [5.41, 5.74) is 4.07. The maximum absolute atomic E-state index is 13.0. The number of amides is 1. The van der Waals surface area contributed by atoms with Crippen LogP contribution in [0.2, 0.25) is 0 Å². The van der Waals surface area contributed by atoms with Gasteiger partial charge in [0.25, 0.3) is 5.91 Å². The number of fused-ring (bicyclic) bond motifs is 2. The molecule has 0 radical (unpaired) electrons. The van der Waals surface area contributed by atoms with Crippen LogP contribution < -0.4 is 9.47 Å². The predicted molar refractivity (Wildman–Crippen MR) is 129 cm³/mol. The van der Waals surface area contributed by atoms with Crippen molar-refractivity contribution < 1.29 is 14.3 Å². The first kappa shape index (κ1) is 20.7. The monoisotopic (exact) mass is 454 g/mol. The lowest BCUT2D eigenvalue weighted by Crippen LogP contribution is -2.48. The van der Waals surface area contributed by atoms with Crippen molar-refractivity contribution in [3.05, 3.63) is 89.7 Å². The predicted octanol–water partition coefficient (Wildman–Crippen LogP) is 3.77. The molecule has 0 spiro atoms. The summed E-state index contributed by atoms with van der Waals surface area (Å²) in [6, 6.07) is 24.2. The van der Waals surface area contributed by atoms with Crippen LogP contribution in [0.15, 0.2) is 72.8 Å². The quantitative estimate of drug-likeness (QED) is 0.460. The number of piperazine rings is 1. The highest BCUT2D eigenvalue weighted by atomic mass is 16.7. The molecule has 0 saturated carbocycles. The van der Waals surface area contributed by atoms with Crippen molar-refractivity contribution in [2.24, 2.45) is 0 Å². The first-order valence-electron chi connectivity index (χ1n) is 11.6. The molecule has 6 rings (SSSR count). The summed E-state index contributed by atoms with van der Waals surface area (Å²) in [5, 5.41) is 0. The van der Waals surface area contributed by atoms with Gasteiger partial charge in [-0.15, -0.1) is 0 Å². The summed E-state index contributed by atoms with van der Waals surface area (Å²) in [7, 11) is 0. The molecule has 1 amide bonds. The number of carbonyl (C=O) groups is 1. The zero-order chi connectivity index (χ0) is 22.9. The van der Waals surface area contributed by atoms with Gasteiger partial charge in [0.1, 0.15) is 5.82 Å². The molecule has 0 unspecified atom stereocenters. The summed E-state index contributed by atoms with van der Waals surface area (Å²) in [6.45, 7) is 4.75. The van der Waals surface area contributed by atoms with Crippen LogP contribution in [0.4, 0.5) is 0 Å². The Balaban J connectivity index is 1.15. The first-order valence-corrected chi connectivity index (χ1v) is 11.6. The summed E-state index contributed by atoms with van der Waals surface area (Å²) in [5.74, 6) is 2.43. The molecule has 0 atom stereocenters. The van der Waals surface area contributed by atoms with Gasteiger partial charge in [-0.1, -0.05) is 42.5 Å². The van der Waals surface area contributed by atoms with Crippen LogP contribution in [0.5, 0.6) is 11.5 Å². The normalized spacial score (nSPS) is 15.7. The molecular weight excluding hydrogens is 428 g/mol. The molecule has 2 aliphatic heterocycles. The minimum Gasteiger partial charge on any atom is -0.454 e. The highest BCUT2D eigenvalue weighted by molar-refractivity contribution is 5.95. The van der Waals surface area contributed by atoms with Gasteiger partial charge in [-0.05, 0) is 35.9 Å². The molecule has 7 heteroatoms. The Morgan fingerprint density at radius 3 is 2.44 bits per heavy atom. The minimum atomic E-state index is 0.0364. The number of hydrogen-bond donors (Lipinski definition) is 0. The second-order valence-corrected chi connectivity index (χ2v) is 8.72. The third kappa shape index (κ3) is 3.99. The topological polar surface area (TPSA) is 59.8 Å². The summed E-state index contributed by atoms with van der Waals surface area (Å²) < 4.78 is 13.1. The van der Waals surface area contributed by atoms with Crippen molar-refractivity contribution in [2.45, 2.75) is 13.1 Å². The van der Waals surface area contributed by atoms with Crippen LogP contribution in [0.25, 0.3) is 11.0 Å². The Morgan fingerprint density at radius 2 is 1.59 bits per heavy atom. The standard InChI is InChI=1S/C27H26N4O3/c32-27(21-10-11-24-25(16-21)34-19-33-24)30-14-12-29(13-15-30)18-26-28-22-8-4-5-9-23(22)31(26)17-20-6-2-1-3-7-20/h1-11,16H,12-15,17-19H2. The minimum absolute atomic E-state index is 0.0364. The van der Waals surface area contributed by atoms with Crippen LogP contribution in [0.3, 0.4) is 0 Å². The van der Waals surface area contributed by atoms with Crippen LogP contribution in [0.1, 0.15) is 21.7 Å². The molecule has 1 aromatic heterocycles. The molecular formula is C27H26N4O3. The van der Waals surface area contributed by atoms with Crippen LogP contribution in [-0.4, -0.2) is 58.2 Å². The van der Waals surface area contributed by atoms with Gasteiger partial charge in [0.2, 0.25) is 6.79 Å². The number of carbonyl (C=O) groups excluding carboxylic acids is 1. The molecule has 34 heavy (non-hydrogen) atoms. The fourth-order valence-corrected chi connectivity index (χ4v) is 4.71. The molecule has 0 aliphatic carbocycles. The van der Waals surface area contributed by atoms with E-state index in [9.17, 15) is 4.79 Å². The fraction of sp³-hybridized carbons (Fsp3) is 0.259. The highest BCUT2D eigenvalue weighted by Gasteiger charge is 2.25. The third-order valence-corrected chi connectivity index (χ3v) is 6.56. The second kappa shape index (κ2) is 8.83. The lowest BCUT2D eigenvalue weighted by Gasteiger charge is -2.34. The van der Waals surface area contributed by atoms with Gasteiger partial charge in [0.05, 0.1) is 17.6 Å². The number of ether oxygens (including phenoxy) is 2. The fourth-order valence-electron chi connectivity index (χ4n) is 4.71. The Labute approximate surface area is 198 Å². The van der Waals surface area contributed by atoms with Gasteiger partial charge in [-0.3, -0.25) is 9.69 Å². The Kier molecular flexibility index (Phi) is 5.39. The lowest BCUT2D eigenvalue weighted by atomic mass is 10.1. The Bertz CT molecular complexity index is 1330. The van der Waals surface area contributed by atoms with Crippen molar-refractivity contribution >= 4 is 16.9 Å². The second-order valence-electron chi connectivity index (χ2n) is 8.72. The van der Waals surface area contributed by atoms with E-state index in [0.29, 0.717) is 30.2 Å². The van der Waals surface area contributed by atoms with Gasteiger partial charge in [0.15, 0.2) is 11.5 Å². The van der Waals surface area contributed by atoms with E-state index < -0.39 is 0 Å². The van der Waals surface area contributed by atoms with Crippen molar-refractivity contribution in [1.82, 2.24) is 19.4 Å². The molecule has 0 N–H and O–H groups in total. The number of aromatic nitrogens is 2. The van der Waals surface area contributed by atoms with Crippen molar-refractivity contribution in [1.29, 1.82) is 0 Å². The average molecular weight is 455 g/mol. The van der Waals surface area contributed by atoms with Crippen molar-refractivity contribution in [3.8, 4) is 11.5 Å². The zero-order valence-electron chi connectivity index (χ0n) is 18.9. The SMILES string of the molecule is O=C(c1ccc2c(c1)OCO2)N1CCN(Cc2nc3ccccc3n2Cc2ccccc2)CC1. The largest absolute Gasteiger partial charge is 0.454 e. The maximum atomic E-state index is 13.0. The molecule has 7 nitrogen and oxygen atoms in total. The van der Waals surface area contributed by atoms with E-state index in [1.54, 1.807) is 6.07 Å². The number of nitrogens with zero attached hydrogens (tertiary/aromatic N) is 4. The van der Waals surface area contributed by atoms with Gasteiger partial charge in [-0.2, -0.15) is 0 Å². The molecule has 0 bridgehead atoms. The smallest absolute Gasteiger partial charge is 0.254 e. The number of rotatable bonds is 5. The number of benzene rings is 3. The van der Waals surface area contributed by atoms with Crippen molar-refractivity contribution in [2.75, 3.05) is 33.0 Å². The molecule has 3 aromatic carbocycles. The van der Waals surface area contributed by atoms with Gasteiger partial charge in [0, 0.05) is 38.3 Å². The van der Waals surface area contributed by atoms with E-state index in [-0.39, 0.29) is 12.7 Å². The van der Waals surface area contributed by atoms with E-state index in [0.717, 1.165) is 43.0 Å².